The molecule has 1 saturated heterocycles. The largest absolute Gasteiger partial charge is 0.371 e. The Hall–Kier alpha value is -0.860. The van der Waals surface area contributed by atoms with Crippen LogP contribution in [0.15, 0.2) is 30.3 Å². The van der Waals surface area contributed by atoms with Crippen molar-refractivity contribution < 1.29 is 4.74 Å². The Bertz CT molecular complexity index is 231. The molecule has 1 aromatic carbocycles. The smallest absolute Gasteiger partial charge is 0.0828 e. The van der Waals surface area contributed by atoms with Gasteiger partial charge >= 0.3 is 0 Å². The molecule has 2 heteroatoms. The highest BCUT2D eigenvalue weighted by atomic mass is 16.5. The Labute approximate surface area is 72.5 Å². The van der Waals surface area contributed by atoms with Crippen molar-refractivity contribution in [2.75, 3.05) is 13.1 Å². The summed E-state index contributed by atoms with van der Waals surface area (Å²) in [5, 5.41) is 3.17. The quantitative estimate of drug-likeness (QED) is 0.722. The van der Waals surface area contributed by atoms with Crippen molar-refractivity contribution in [2.24, 2.45) is 0 Å². The molecule has 0 aliphatic carbocycles. The number of benzene rings is 1. The van der Waals surface area contributed by atoms with Gasteiger partial charge in [0.05, 0.1) is 12.7 Å². The highest BCUT2D eigenvalue weighted by Crippen LogP contribution is 2.05. The zero-order valence-corrected chi connectivity index (χ0v) is 6.99. The van der Waals surface area contributed by atoms with Crippen LogP contribution in [0.2, 0.25) is 0 Å². The van der Waals surface area contributed by atoms with Gasteiger partial charge < -0.3 is 10.1 Å². The van der Waals surface area contributed by atoms with E-state index < -0.39 is 0 Å². The van der Waals surface area contributed by atoms with Crippen molar-refractivity contribution in [1.82, 2.24) is 5.32 Å². The van der Waals surface area contributed by atoms with E-state index in [0.717, 1.165) is 19.7 Å². The summed E-state index contributed by atoms with van der Waals surface area (Å²) in [5.41, 5.74) is 1.25. The van der Waals surface area contributed by atoms with Crippen molar-refractivity contribution in [2.45, 2.75) is 12.7 Å². The third kappa shape index (κ3) is 1.84. The van der Waals surface area contributed by atoms with E-state index in [1.165, 1.54) is 5.56 Å². The topological polar surface area (TPSA) is 21.3 Å². The maximum Gasteiger partial charge on any atom is 0.0828 e. The molecule has 1 aliphatic heterocycles. The van der Waals surface area contributed by atoms with Crippen LogP contribution in [0, 0.1) is 0 Å². The Kier molecular flexibility index (Phi) is 2.39. The second kappa shape index (κ2) is 3.70. The fourth-order valence-corrected chi connectivity index (χ4v) is 1.17. The average Bonchev–Trinajstić information content (AvgIpc) is 2.04. The molecule has 0 atom stereocenters. The first-order chi connectivity index (χ1) is 5.95. The molecule has 0 saturated carbocycles. The number of hydrogen-bond acceptors (Lipinski definition) is 2. The molecule has 0 spiro atoms. The Morgan fingerprint density at radius 3 is 2.58 bits per heavy atom. The standard InChI is InChI=1S/C10H13NO/c1-2-4-9(5-3-1)8-12-10-6-11-7-10/h1-5,10-11H,6-8H2. The Balaban J connectivity index is 1.79. The lowest BCUT2D eigenvalue weighted by Crippen LogP contribution is -2.48. The van der Waals surface area contributed by atoms with Crippen LogP contribution < -0.4 is 5.32 Å². The van der Waals surface area contributed by atoms with Crippen LogP contribution in [0.25, 0.3) is 0 Å². The van der Waals surface area contributed by atoms with Crippen LogP contribution in [0.4, 0.5) is 0 Å². The van der Waals surface area contributed by atoms with Gasteiger partial charge in [0.2, 0.25) is 0 Å². The van der Waals surface area contributed by atoms with E-state index in [0.29, 0.717) is 6.10 Å². The molecule has 64 valence electrons. The number of rotatable bonds is 3. The van der Waals surface area contributed by atoms with Crippen molar-refractivity contribution in [3.63, 3.8) is 0 Å². The molecule has 0 unspecified atom stereocenters. The summed E-state index contributed by atoms with van der Waals surface area (Å²) >= 11 is 0. The zero-order valence-electron chi connectivity index (χ0n) is 6.99. The SMILES string of the molecule is c1ccc(COC2CNC2)cc1. The van der Waals surface area contributed by atoms with Gasteiger partial charge in [0, 0.05) is 13.1 Å². The summed E-state index contributed by atoms with van der Waals surface area (Å²) in [6.45, 7) is 2.76. The summed E-state index contributed by atoms with van der Waals surface area (Å²) in [6, 6.07) is 10.3. The maximum absolute atomic E-state index is 5.60. The first kappa shape index (κ1) is 7.77. The minimum absolute atomic E-state index is 0.435. The molecule has 1 fully saturated rings. The summed E-state index contributed by atoms with van der Waals surface area (Å²) in [7, 11) is 0. The van der Waals surface area contributed by atoms with Crippen LogP contribution in [0.3, 0.4) is 0 Å². The normalized spacial score (nSPS) is 17.3. The fourth-order valence-electron chi connectivity index (χ4n) is 1.17. The van der Waals surface area contributed by atoms with Crippen LogP contribution in [0.5, 0.6) is 0 Å². The lowest BCUT2D eigenvalue weighted by molar-refractivity contribution is 0.00758. The predicted octanol–water partition coefficient (Wildman–Crippen LogP) is 1.18. The summed E-state index contributed by atoms with van der Waals surface area (Å²) in [5.74, 6) is 0. The van der Waals surface area contributed by atoms with Gasteiger partial charge in [0.25, 0.3) is 0 Å². The van der Waals surface area contributed by atoms with E-state index in [-0.39, 0.29) is 0 Å². The highest BCUT2D eigenvalue weighted by molar-refractivity contribution is 5.13. The van der Waals surface area contributed by atoms with Gasteiger partial charge in [-0.05, 0) is 5.56 Å². The molecule has 2 rings (SSSR count). The van der Waals surface area contributed by atoms with E-state index in [1.54, 1.807) is 0 Å². The average molecular weight is 163 g/mol. The minimum atomic E-state index is 0.435. The predicted molar refractivity (Wildman–Crippen MR) is 47.9 cm³/mol. The number of ether oxygens (including phenoxy) is 1. The van der Waals surface area contributed by atoms with E-state index in [1.807, 2.05) is 18.2 Å². The first-order valence-corrected chi connectivity index (χ1v) is 4.31. The van der Waals surface area contributed by atoms with Gasteiger partial charge in [-0.2, -0.15) is 0 Å². The van der Waals surface area contributed by atoms with Crippen molar-refractivity contribution in [1.29, 1.82) is 0 Å². The van der Waals surface area contributed by atoms with E-state index >= 15 is 0 Å². The minimum Gasteiger partial charge on any atom is -0.371 e. The highest BCUT2D eigenvalue weighted by Gasteiger charge is 2.16. The molecule has 0 bridgehead atoms. The van der Waals surface area contributed by atoms with Crippen molar-refractivity contribution >= 4 is 0 Å². The van der Waals surface area contributed by atoms with E-state index in [9.17, 15) is 0 Å². The maximum atomic E-state index is 5.60. The molecular formula is C10H13NO. The molecule has 2 nitrogen and oxygen atoms in total. The molecule has 12 heavy (non-hydrogen) atoms. The van der Waals surface area contributed by atoms with Gasteiger partial charge in [-0.1, -0.05) is 30.3 Å². The van der Waals surface area contributed by atoms with Crippen molar-refractivity contribution in [3.8, 4) is 0 Å². The third-order valence-electron chi connectivity index (χ3n) is 2.07. The van der Waals surface area contributed by atoms with Crippen molar-refractivity contribution in [3.05, 3.63) is 35.9 Å². The summed E-state index contributed by atoms with van der Waals surface area (Å²) < 4.78 is 5.60. The molecule has 0 aromatic heterocycles. The monoisotopic (exact) mass is 163 g/mol. The lowest BCUT2D eigenvalue weighted by Gasteiger charge is -2.27. The fraction of sp³-hybridized carbons (Fsp3) is 0.400. The lowest BCUT2D eigenvalue weighted by atomic mass is 10.2. The van der Waals surface area contributed by atoms with Crippen LogP contribution in [0.1, 0.15) is 5.56 Å². The summed E-state index contributed by atoms with van der Waals surface area (Å²) in [6.07, 6.45) is 0.435. The van der Waals surface area contributed by atoms with Crippen LogP contribution in [-0.4, -0.2) is 19.2 Å². The summed E-state index contributed by atoms with van der Waals surface area (Å²) in [4.78, 5) is 0. The third-order valence-corrected chi connectivity index (χ3v) is 2.07. The first-order valence-electron chi connectivity index (χ1n) is 4.31. The van der Waals surface area contributed by atoms with Gasteiger partial charge in [0.1, 0.15) is 0 Å². The molecule has 1 aromatic rings. The molecule has 0 radical (unpaired) electrons. The van der Waals surface area contributed by atoms with Gasteiger partial charge in [-0.3, -0.25) is 0 Å². The molecule has 1 N–H and O–H groups in total. The zero-order chi connectivity index (χ0) is 8.23. The molecule has 1 aliphatic rings. The number of hydrogen-bond donors (Lipinski definition) is 1. The molecule has 0 amide bonds. The van der Waals surface area contributed by atoms with Gasteiger partial charge in [-0.25, -0.2) is 0 Å². The van der Waals surface area contributed by atoms with Crippen LogP contribution >= 0.6 is 0 Å². The Morgan fingerprint density at radius 1 is 1.25 bits per heavy atom. The van der Waals surface area contributed by atoms with Gasteiger partial charge in [-0.15, -0.1) is 0 Å². The van der Waals surface area contributed by atoms with Gasteiger partial charge in [0.15, 0.2) is 0 Å². The van der Waals surface area contributed by atoms with E-state index in [2.05, 4.69) is 17.4 Å². The van der Waals surface area contributed by atoms with E-state index in [4.69, 9.17) is 4.74 Å². The Morgan fingerprint density at radius 2 is 2.00 bits per heavy atom. The molecular weight excluding hydrogens is 150 g/mol. The molecule has 1 heterocycles. The number of nitrogens with one attached hydrogen (secondary N) is 1. The van der Waals surface area contributed by atoms with Crippen LogP contribution in [-0.2, 0) is 11.3 Å². The second-order valence-electron chi connectivity index (χ2n) is 3.08. The second-order valence-corrected chi connectivity index (χ2v) is 3.08.